The molecule has 1 aliphatic carbocycles. The molecule has 0 saturated heterocycles. The van der Waals surface area contributed by atoms with Gasteiger partial charge < -0.3 is 13.4 Å². The lowest BCUT2D eigenvalue weighted by molar-refractivity contribution is 0.547. The standard InChI is InChI=1S/C55H31N5O2/c56-29-32-15-20-47-43(25-32)45-27-34(37-9-5-11-41-39-7-1-3-13-51(39)61-54(37)41)17-22-48(45)59(47)36-19-24-53(58-31-36)60-49-21-16-33(30-57)26-44(49)46-28-35(18-23-50(46)60)38-10-6-12-42-40-8-2-4-14-52(40)62-55(38)42/h1-3,5-13,15-28,31H,4,14H2. The zero-order valence-corrected chi connectivity index (χ0v) is 33.1. The Morgan fingerprint density at radius 1 is 0.516 bits per heavy atom. The molecule has 7 heteroatoms. The van der Waals surface area contributed by atoms with E-state index >= 15 is 0 Å². The molecule has 0 atom stereocenters. The van der Waals surface area contributed by atoms with Crippen LogP contribution in [0, 0.1) is 22.7 Å². The van der Waals surface area contributed by atoms with Crippen LogP contribution in [0.1, 0.15) is 28.9 Å². The molecule has 0 aliphatic heterocycles. The number of fused-ring (bicyclic) bond motifs is 12. The Kier molecular flexibility index (Phi) is 7.14. The molecule has 0 fully saturated rings. The fourth-order valence-electron chi connectivity index (χ4n) is 9.86. The molecule has 7 aromatic carbocycles. The summed E-state index contributed by atoms with van der Waals surface area (Å²) in [5.74, 6) is 1.79. The number of furan rings is 2. The van der Waals surface area contributed by atoms with Gasteiger partial charge in [-0.15, -0.1) is 0 Å². The average Bonchev–Trinajstić information content (AvgIpc) is 4.08. The summed E-state index contributed by atoms with van der Waals surface area (Å²) in [5.41, 5.74) is 13.9. The highest BCUT2D eigenvalue weighted by Gasteiger charge is 2.21. The molecule has 0 radical (unpaired) electrons. The van der Waals surface area contributed by atoms with Crippen molar-refractivity contribution in [3.05, 3.63) is 180 Å². The summed E-state index contributed by atoms with van der Waals surface area (Å²) in [5, 5.41) is 27.2. The van der Waals surface area contributed by atoms with Crippen molar-refractivity contribution in [1.29, 1.82) is 10.5 Å². The van der Waals surface area contributed by atoms with Crippen LogP contribution in [-0.2, 0) is 6.42 Å². The fraction of sp³-hybridized carbons (Fsp3) is 0.0364. The van der Waals surface area contributed by atoms with Crippen LogP contribution in [0.3, 0.4) is 0 Å². The molecule has 13 rings (SSSR count). The van der Waals surface area contributed by atoms with E-state index in [1.807, 2.05) is 60.8 Å². The summed E-state index contributed by atoms with van der Waals surface area (Å²) in [7, 11) is 0. The minimum atomic E-state index is 0.598. The minimum Gasteiger partial charge on any atom is -0.460 e. The molecule has 0 N–H and O–H groups in total. The third-order valence-electron chi connectivity index (χ3n) is 12.7. The van der Waals surface area contributed by atoms with Crippen molar-refractivity contribution >= 4 is 82.6 Å². The average molecular weight is 794 g/mol. The Morgan fingerprint density at radius 3 is 1.77 bits per heavy atom. The summed E-state index contributed by atoms with van der Waals surface area (Å²) in [6, 6.07) is 54.4. The molecule has 7 nitrogen and oxygen atoms in total. The predicted octanol–water partition coefficient (Wildman–Crippen LogP) is 14.0. The molecule has 0 spiro atoms. The topological polar surface area (TPSA) is 96.6 Å². The van der Waals surface area contributed by atoms with Gasteiger partial charge in [-0.3, -0.25) is 4.57 Å². The van der Waals surface area contributed by atoms with E-state index in [-0.39, 0.29) is 0 Å². The number of nitrogens with zero attached hydrogens (tertiary/aromatic N) is 5. The van der Waals surface area contributed by atoms with E-state index in [9.17, 15) is 10.5 Å². The first-order chi connectivity index (χ1) is 30.6. The normalized spacial score (nSPS) is 12.6. The zero-order valence-electron chi connectivity index (χ0n) is 33.1. The van der Waals surface area contributed by atoms with Gasteiger partial charge in [0.2, 0.25) is 0 Å². The highest BCUT2D eigenvalue weighted by molar-refractivity contribution is 6.14. The van der Waals surface area contributed by atoms with Crippen LogP contribution < -0.4 is 0 Å². The maximum atomic E-state index is 9.96. The molecule has 1 aliphatic rings. The summed E-state index contributed by atoms with van der Waals surface area (Å²) in [4.78, 5) is 5.14. The van der Waals surface area contributed by atoms with Gasteiger partial charge in [-0.05, 0) is 96.4 Å². The Labute approximate surface area is 353 Å². The van der Waals surface area contributed by atoms with Crippen LogP contribution in [0.5, 0.6) is 0 Å². The molecule has 5 aromatic heterocycles. The van der Waals surface area contributed by atoms with Gasteiger partial charge in [-0.25, -0.2) is 4.98 Å². The third-order valence-corrected chi connectivity index (χ3v) is 12.7. The van der Waals surface area contributed by atoms with Crippen molar-refractivity contribution in [1.82, 2.24) is 14.1 Å². The summed E-state index contributed by atoms with van der Waals surface area (Å²) < 4.78 is 17.3. The lowest BCUT2D eigenvalue weighted by Gasteiger charge is -2.11. The van der Waals surface area contributed by atoms with Gasteiger partial charge in [-0.2, -0.15) is 10.5 Å². The molecule has 12 aromatic rings. The number of aryl methyl sites for hydroxylation is 1. The molecular formula is C55H31N5O2. The Balaban J connectivity index is 0.954. The van der Waals surface area contributed by atoms with Gasteiger partial charge >= 0.3 is 0 Å². The van der Waals surface area contributed by atoms with Crippen molar-refractivity contribution in [2.75, 3.05) is 0 Å². The molecule has 62 heavy (non-hydrogen) atoms. The van der Waals surface area contributed by atoms with Crippen LogP contribution in [0.25, 0.3) is 116 Å². The lowest BCUT2D eigenvalue weighted by Crippen LogP contribution is -2.00. The summed E-state index contributed by atoms with van der Waals surface area (Å²) in [6.07, 6.45) is 8.19. The minimum absolute atomic E-state index is 0.598. The maximum absolute atomic E-state index is 9.96. The molecule has 0 unspecified atom stereocenters. The number of hydrogen-bond donors (Lipinski definition) is 0. The molecule has 0 amide bonds. The number of benzene rings is 7. The van der Waals surface area contributed by atoms with E-state index in [0.717, 1.165) is 129 Å². The number of allylic oxidation sites excluding steroid dienone is 1. The van der Waals surface area contributed by atoms with Gasteiger partial charge in [0.1, 0.15) is 28.3 Å². The number of rotatable bonds is 4. The maximum Gasteiger partial charge on any atom is 0.143 e. The number of para-hydroxylation sites is 3. The zero-order chi connectivity index (χ0) is 41.1. The van der Waals surface area contributed by atoms with Crippen molar-refractivity contribution in [3.8, 4) is 45.9 Å². The van der Waals surface area contributed by atoms with Gasteiger partial charge in [-0.1, -0.05) is 78.9 Å². The highest BCUT2D eigenvalue weighted by Crippen LogP contribution is 2.42. The first-order valence-electron chi connectivity index (χ1n) is 20.7. The van der Waals surface area contributed by atoms with Gasteiger partial charge in [0, 0.05) is 60.8 Å². The number of nitriles is 2. The van der Waals surface area contributed by atoms with Crippen molar-refractivity contribution in [3.63, 3.8) is 0 Å². The number of pyridine rings is 1. The Bertz CT molecular complexity index is 4010. The van der Waals surface area contributed by atoms with Crippen LogP contribution in [-0.4, -0.2) is 14.1 Å². The highest BCUT2D eigenvalue weighted by atomic mass is 16.3. The molecule has 0 bridgehead atoms. The molecule has 288 valence electrons. The summed E-state index contributed by atoms with van der Waals surface area (Å²) in [6.45, 7) is 0. The van der Waals surface area contributed by atoms with Gasteiger partial charge in [0.15, 0.2) is 0 Å². The number of hydrogen-bond acceptors (Lipinski definition) is 5. The molecular weight excluding hydrogens is 763 g/mol. The first-order valence-corrected chi connectivity index (χ1v) is 20.7. The van der Waals surface area contributed by atoms with E-state index in [1.54, 1.807) is 0 Å². The SMILES string of the molecule is N#Cc1ccc2c(c1)c1cc(-c3cccc4c3oc3ccccc34)ccc1n2-c1ccc(-n2c3ccc(C#N)cc3c3cc(-c4cccc5c6c(oc45)CCC=C6)ccc32)nc1. The van der Waals surface area contributed by atoms with E-state index in [1.165, 1.54) is 5.56 Å². The second-order valence-electron chi connectivity index (χ2n) is 16.0. The molecule has 0 saturated carbocycles. The van der Waals surface area contributed by atoms with Crippen LogP contribution >= 0.6 is 0 Å². The largest absolute Gasteiger partial charge is 0.460 e. The third kappa shape index (κ3) is 4.88. The number of aromatic nitrogens is 3. The molecule has 5 heterocycles. The second-order valence-corrected chi connectivity index (χ2v) is 16.0. The monoisotopic (exact) mass is 793 g/mol. The van der Waals surface area contributed by atoms with Crippen molar-refractivity contribution < 1.29 is 8.83 Å². The van der Waals surface area contributed by atoms with Gasteiger partial charge in [0.05, 0.1) is 57.2 Å². The van der Waals surface area contributed by atoms with Crippen LogP contribution in [0.15, 0.2) is 167 Å². The fourth-order valence-corrected chi connectivity index (χ4v) is 9.86. The quantitative estimate of drug-likeness (QED) is 0.177. The van der Waals surface area contributed by atoms with Crippen molar-refractivity contribution in [2.24, 2.45) is 0 Å². The smallest absolute Gasteiger partial charge is 0.143 e. The predicted molar refractivity (Wildman–Crippen MR) is 248 cm³/mol. The van der Waals surface area contributed by atoms with E-state index in [4.69, 9.17) is 13.8 Å². The lowest BCUT2D eigenvalue weighted by atomic mass is 9.98. The van der Waals surface area contributed by atoms with Crippen LogP contribution in [0.2, 0.25) is 0 Å². The van der Waals surface area contributed by atoms with E-state index in [2.05, 4.69) is 124 Å². The van der Waals surface area contributed by atoms with Crippen molar-refractivity contribution in [2.45, 2.75) is 12.8 Å². The summed E-state index contributed by atoms with van der Waals surface area (Å²) >= 11 is 0. The second kappa shape index (κ2) is 12.9. The van der Waals surface area contributed by atoms with E-state index < -0.39 is 0 Å². The first kappa shape index (κ1) is 34.2. The van der Waals surface area contributed by atoms with E-state index in [0.29, 0.717) is 11.1 Å². The Morgan fingerprint density at radius 2 is 1.11 bits per heavy atom. The van der Waals surface area contributed by atoms with Crippen LogP contribution in [0.4, 0.5) is 0 Å². The van der Waals surface area contributed by atoms with Gasteiger partial charge in [0.25, 0.3) is 0 Å². The Hall–Kier alpha value is -8.65.